The SMILES string of the molecule is CCCC1CCC(N)C(C2CCCC2)C1. The fraction of sp³-hybridized carbons (Fsp3) is 1.00. The zero-order valence-corrected chi connectivity index (χ0v) is 10.3. The molecular formula is C14H27N. The van der Waals surface area contributed by atoms with E-state index in [2.05, 4.69) is 6.92 Å². The Labute approximate surface area is 94.8 Å². The first kappa shape index (κ1) is 11.4. The molecule has 0 aromatic heterocycles. The highest BCUT2D eigenvalue weighted by molar-refractivity contribution is 4.88. The molecular weight excluding hydrogens is 182 g/mol. The smallest absolute Gasteiger partial charge is 0.00700 e. The second-order valence-electron chi connectivity index (χ2n) is 5.84. The van der Waals surface area contributed by atoms with E-state index < -0.39 is 0 Å². The van der Waals surface area contributed by atoms with Crippen molar-refractivity contribution in [3.05, 3.63) is 0 Å². The van der Waals surface area contributed by atoms with Crippen molar-refractivity contribution in [3.8, 4) is 0 Å². The predicted octanol–water partition coefficient (Wildman–Crippen LogP) is 3.72. The largest absolute Gasteiger partial charge is 0.327 e. The Morgan fingerprint density at radius 2 is 1.80 bits per heavy atom. The fourth-order valence-electron chi connectivity index (χ4n) is 3.92. The van der Waals surface area contributed by atoms with Crippen molar-refractivity contribution in [2.24, 2.45) is 23.5 Å². The maximum absolute atomic E-state index is 6.32. The second-order valence-corrected chi connectivity index (χ2v) is 5.84. The maximum Gasteiger partial charge on any atom is 0.00700 e. The molecule has 2 fully saturated rings. The molecule has 2 aliphatic carbocycles. The van der Waals surface area contributed by atoms with Gasteiger partial charge in [0, 0.05) is 6.04 Å². The minimum atomic E-state index is 0.529. The minimum Gasteiger partial charge on any atom is -0.327 e. The van der Waals surface area contributed by atoms with E-state index in [0.717, 1.165) is 17.8 Å². The third-order valence-corrected chi connectivity index (χ3v) is 4.77. The summed E-state index contributed by atoms with van der Waals surface area (Å²) < 4.78 is 0. The van der Waals surface area contributed by atoms with Crippen LogP contribution in [0.15, 0.2) is 0 Å². The number of hydrogen-bond donors (Lipinski definition) is 1. The zero-order chi connectivity index (χ0) is 10.7. The van der Waals surface area contributed by atoms with Crippen molar-refractivity contribution in [2.75, 3.05) is 0 Å². The van der Waals surface area contributed by atoms with Crippen molar-refractivity contribution in [1.82, 2.24) is 0 Å². The third kappa shape index (κ3) is 2.75. The summed E-state index contributed by atoms with van der Waals surface area (Å²) >= 11 is 0. The van der Waals surface area contributed by atoms with Crippen molar-refractivity contribution in [1.29, 1.82) is 0 Å². The minimum absolute atomic E-state index is 0.529. The monoisotopic (exact) mass is 209 g/mol. The summed E-state index contributed by atoms with van der Waals surface area (Å²) in [5, 5.41) is 0. The average molecular weight is 209 g/mol. The third-order valence-electron chi connectivity index (χ3n) is 4.77. The van der Waals surface area contributed by atoms with Gasteiger partial charge in [-0.05, 0) is 37.0 Å². The van der Waals surface area contributed by atoms with Gasteiger partial charge in [-0.3, -0.25) is 0 Å². The molecule has 15 heavy (non-hydrogen) atoms. The molecule has 0 aromatic carbocycles. The quantitative estimate of drug-likeness (QED) is 0.753. The number of nitrogens with two attached hydrogens (primary N) is 1. The lowest BCUT2D eigenvalue weighted by atomic mass is 9.71. The molecule has 0 spiro atoms. The summed E-state index contributed by atoms with van der Waals surface area (Å²) in [6.45, 7) is 2.32. The molecule has 2 N–H and O–H groups in total. The number of rotatable bonds is 3. The van der Waals surface area contributed by atoms with Gasteiger partial charge in [-0.2, -0.15) is 0 Å². The van der Waals surface area contributed by atoms with E-state index in [1.807, 2.05) is 0 Å². The van der Waals surface area contributed by atoms with Crippen molar-refractivity contribution < 1.29 is 0 Å². The van der Waals surface area contributed by atoms with Crippen LogP contribution in [0.5, 0.6) is 0 Å². The molecule has 0 saturated heterocycles. The lowest BCUT2D eigenvalue weighted by Crippen LogP contribution is -2.39. The lowest BCUT2D eigenvalue weighted by Gasteiger charge is -2.37. The molecule has 2 aliphatic rings. The van der Waals surface area contributed by atoms with E-state index >= 15 is 0 Å². The first-order valence-corrected chi connectivity index (χ1v) is 7.06. The summed E-state index contributed by atoms with van der Waals surface area (Å²) in [6.07, 6.45) is 12.8. The van der Waals surface area contributed by atoms with Crippen LogP contribution < -0.4 is 5.73 Å². The molecule has 0 amide bonds. The predicted molar refractivity (Wildman–Crippen MR) is 65.7 cm³/mol. The first-order chi connectivity index (χ1) is 7.31. The molecule has 0 bridgehead atoms. The van der Waals surface area contributed by atoms with Crippen molar-refractivity contribution in [2.45, 2.75) is 70.8 Å². The van der Waals surface area contributed by atoms with Gasteiger partial charge in [0.2, 0.25) is 0 Å². The molecule has 3 atom stereocenters. The van der Waals surface area contributed by atoms with Crippen LogP contribution in [0.25, 0.3) is 0 Å². The highest BCUT2D eigenvalue weighted by Gasteiger charge is 2.34. The van der Waals surface area contributed by atoms with Crippen LogP contribution in [-0.2, 0) is 0 Å². The Kier molecular flexibility index (Phi) is 4.07. The van der Waals surface area contributed by atoms with Crippen molar-refractivity contribution in [3.63, 3.8) is 0 Å². The van der Waals surface area contributed by atoms with E-state index in [1.54, 1.807) is 0 Å². The van der Waals surface area contributed by atoms with E-state index in [4.69, 9.17) is 5.73 Å². The molecule has 88 valence electrons. The summed E-state index contributed by atoms with van der Waals surface area (Å²) in [6, 6.07) is 0.529. The average Bonchev–Trinajstić information content (AvgIpc) is 2.74. The van der Waals surface area contributed by atoms with Gasteiger partial charge in [-0.15, -0.1) is 0 Å². The Morgan fingerprint density at radius 1 is 1.07 bits per heavy atom. The Morgan fingerprint density at radius 3 is 2.47 bits per heavy atom. The molecule has 0 heterocycles. The highest BCUT2D eigenvalue weighted by atomic mass is 14.7. The molecule has 2 rings (SSSR count). The normalized spacial score (nSPS) is 38.4. The lowest BCUT2D eigenvalue weighted by molar-refractivity contribution is 0.162. The van der Waals surface area contributed by atoms with E-state index in [-0.39, 0.29) is 0 Å². The summed E-state index contributed by atoms with van der Waals surface area (Å²) in [5.41, 5.74) is 6.32. The molecule has 0 aromatic rings. The van der Waals surface area contributed by atoms with Gasteiger partial charge in [0.05, 0.1) is 0 Å². The van der Waals surface area contributed by atoms with Crippen LogP contribution in [-0.4, -0.2) is 6.04 Å². The molecule has 1 heteroatoms. The van der Waals surface area contributed by atoms with Crippen LogP contribution in [0.4, 0.5) is 0 Å². The highest BCUT2D eigenvalue weighted by Crippen LogP contribution is 2.41. The van der Waals surface area contributed by atoms with Gasteiger partial charge in [0.1, 0.15) is 0 Å². The molecule has 3 unspecified atom stereocenters. The zero-order valence-electron chi connectivity index (χ0n) is 10.3. The van der Waals surface area contributed by atoms with Crippen LogP contribution in [0.1, 0.15) is 64.7 Å². The Balaban J connectivity index is 1.89. The van der Waals surface area contributed by atoms with Gasteiger partial charge in [0.15, 0.2) is 0 Å². The van der Waals surface area contributed by atoms with Crippen LogP contribution in [0.2, 0.25) is 0 Å². The van der Waals surface area contributed by atoms with E-state index in [1.165, 1.54) is 57.8 Å². The van der Waals surface area contributed by atoms with Gasteiger partial charge < -0.3 is 5.73 Å². The standard InChI is InChI=1S/C14H27N/c1-2-5-11-8-9-14(15)13(10-11)12-6-3-4-7-12/h11-14H,2-10,15H2,1H3. The Bertz CT molecular complexity index is 184. The first-order valence-electron chi connectivity index (χ1n) is 7.06. The summed E-state index contributed by atoms with van der Waals surface area (Å²) in [4.78, 5) is 0. The maximum atomic E-state index is 6.32. The van der Waals surface area contributed by atoms with Crippen LogP contribution in [0.3, 0.4) is 0 Å². The van der Waals surface area contributed by atoms with Gasteiger partial charge in [0.25, 0.3) is 0 Å². The van der Waals surface area contributed by atoms with Crippen molar-refractivity contribution >= 4 is 0 Å². The molecule has 1 nitrogen and oxygen atoms in total. The molecule has 0 radical (unpaired) electrons. The Hall–Kier alpha value is -0.0400. The molecule has 2 saturated carbocycles. The fourth-order valence-corrected chi connectivity index (χ4v) is 3.92. The van der Waals surface area contributed by atoms with Gasteiger partial charge in [-0.25, -0.2) is 0 Å². The summed E-state index contributed by atoms with van der Waals surface area (Å²) in [5.74, 6) is 2.86. The second kappa shape index (κ2) is 5.34. The summed E-state index contributed by atoms with van der Waals surface area (Å²) in [7, 11) is 0. The number of hydrogen-bond acceptors (Lipinski definition) is 1. The topological polar surface area (TPSA) is 26.0 Å². The van der Waals surface area contributed by atoms with E-state index in [9.17, 15) is 0 Å². The van der Waals surface area contributed by atoms with Gasteiger partial charge in [-0.1, -0.05) is 45.4 Å². The van der Waals surface area contributed by atoms with Crippen LogP contribution in [0, 0.1) is 17.8 Å². The van der Waals surface area contributed by atoms with E-state index in [0.29, 0.717) is 6.04 Å². The van der Waals surface area contributed by atoms with Gasteiger partial charge >= 0.3 is 0 Å². The van der Waals surface area contributed by atoms with Crippen LogP contribution >= 0.6 is 0 Å². The molecule has 0 aliphatic heterocycles.